The standard InChI is InChI=1S/C17H17N5O4S/c1-11(23)19-17-20-12(10-27-17)9-15(24)18-6-7-22-16(25)5-4-13(21-22)14-3-2-8-26-14/h2-5,8,10H,6-7,9H2,1H3,(H,18,24)(H,19,20,23). The summed E-state index contributed by atoms with van der Waals surface area (Å²) in [6.07, 6.45) is 1.62. The molecule has 0 saturated carbocycles. The van der Waals surface area contributed by atoms with Crippen LogP contribution < -0.4 is 16.2 Å². The Morgan fingerprint density at radius 1 is 1.30 bits per heavy atom. The molecule has 9 nitrogen and oxygen atoms in total. The summed E-state index contributed by atoms with van der Waals surface area (Å²) in [7, 11) is 0. The Labute approximate surface area is 158 Å². The molecule has 0 atom stereocenters. The first kappa shape index (κ1) is 18.5. The van der Waals surface area contributed by atoms with Gasteiger partial charge in [-0.2, -0.15) is 5.10 Å². The number of anilines is 1. The number of aromatic nitrogens is 3. The van der Waals surface area contributed by atoms with Gasteiger partial charge in [0.05, 0.1) is 24.9 Å². The topological polar surface area (TPSA) is 119 Å². The van der Waals surface area contributed by atoms with Gasteiger partial charge < -0.3 is 15.1 Å². The van der Waals surface area contributed by atoms with Crippen LogP contribution in [0.1, 0.15) is 12.6 Å². The summed E-state index contributed by atoms with van der Waals surface area (Å²) < 4.78 is 6.54. The van der Waals surface area contributed by atoms with Gasteiger partial charge in [-0.3, -0.25) is 14.4 Å². The molecule has 0 fully saturated rings. The van der Waals surface area contributed by atoms with Gasteiger partial charge in [0, 0.05) is 24.9 Å². The van der Waals surface area contributed by atoms with E-state index in [4.69, 9.17) is 4.42 Å². The lowest BCUT2D eigenvalue weighted by atomic mass is 10.3. The quantitative estimate of drug-likeness (QED) is 0.630. The molecule has 10 heteroatoms. The molecule has 3 rings (SSSR count). The van der Waals surface area contributed by atoms with Crippen molar-refractivity contribution >= 4 is 28.3 Å². The number of amides is 2. The van der Waals surface area contributed by atoms with E-state index >= 15 is 0 Å². The van der Waals surface area contributed by atoms with E-state index in [9.17, 15) is 14.4 Å². The van der Waals surface area contributed by atoms with Gasteiger partial charge in [0.15, 0.2) is 10.9 Å². The van der Waals surface area contributed by atoms with Crippen LogP contribution in [-0.4, -0.2) is 33.1 Å². The Kier molecular flexibility index (Phi) is 5.77. The molecule has 27 heavy (non-hydrogen) atoms. The summed E-state index contributed by atoms with van der Waals surface area (Å²) in [4.78, 5) is 39.1. The second-order valence-corrected chi connectivity index (χ2v) is 6.47. The molecule has 3 heterocycles. The van der Waals surface area contributed by atoms with Gasteiger partial charge in [-0.25, -0.2) is 9.67 Å². The average molecular weight is 387 g/mol. The monoisotopic (exact) mass is 387 g/mol. The van der Waals surface area contributed by atoms with E-state index in [-0.39, 0.29) is 36.9 Å². The van der Waals surface area contributed by atoms with Crippen LogP contribution in [0, 0.1) is 0 Å². The van der Waals surface area contributed by atoms with Crippen molar-refractivity contribution in [1.29, 1.82) is 0 Å². The Morgan fingerprint density at radius 2 is 2.15 bits per heavy atom. The molecule has 2 amide bonds. The van der Waals surface area contributed by atoms with E-state index in [1.807, 2.05) is 0 Å². The molecule has 0 saturated heterocycles. The van der Waals surface area contributed by atoms with Gasteiger partial charge in [-0.1, -0.05) is 0 Å². The zero-order chi connectivity index (χ0) is 19.2. The summed E-state index contributed by atoms with van der Waals surface area (Å²) in [6, 6.07) is 6.49. The van der Waals surface area contributed by atoms with Crippen LogP contribution >= 0.6 is 11.3 Å². The van der Waals surface area contributed by atoms with Crippen molar-refractivity contribution in [3.8, 4) is 11.5 Å². The van der Waals surface area contributed by atoms with Gasteiger partial charge in [0.25, 0.3) is 5.56 Å². The minimum atomic E-state index is -0.265. The minimum absolute atomic E-state index is 0.0881. The van der Waals surface area contributed by atoms with Crippen molar-refractivity contribution in [2.24, 2.45) is 0 Å². The Balaban J connectivity index is 1.53. The summed E-state index contributed by atoms with van der Waals surface area (Å²) >= 11 is 1.26. The smallest absolute Gasteiger partial charge is 0.266 e. The summed E-state index contributed by atoms with van der Waals surface area (Å²) in [5, 5.41) is 11.7. The molecule has 0 aliphatic heterocycles. The second kappa shape index (κ2) is 8.41. The molecular weight excluding hydrogens is 370 g/mol. The first-order valence-electron chi connectivity index (χ1n) is 8.12. The lowest BCUT2D eigenvalue weighted by Gasteiger charge is -2.07. The van der Waals surface area contributed by atoms with Gasteiger partial charge in [0.1, 0.15) is 5.69 Å². The van der Waals surface area contributed by atoms with Crippen LogP contribution in [0.2, 0.25) is 0 Å². The fourth-order valence-electron chi connectivity index (χ4n) is 2.29. The molecule has 0 radical (unpaired) electrons. The van der Waals surface area contributed by atoms with Gasteiger partial charge in [0.2, 0.25) is 11.8 Å². The van der Waals surface area contributed by atoms with E-state index in [2.05, 4.69) is 20.7 Å². The highest BCUT2D eigenvalue weighted by molar-refractivity contribution is 7.13. The Bertz CT molecular complexity index is 993. The highest BCUT2D eigenvalue weighted by atomic mass is 32.1. The minimum Gasteiger partial charge on any atom is -0.463 e. The molecule has 0 aliphatic rings. The SMILES string of the molecule is CC(=O)Nc1nc(CC(=O)NCCn2nc(-c3ccco3)ccc2=O)cs1. The predicted molar refractivity (Wildman–Crippen MR) is 99.3 cm³/mol. The normalized spacial score (nSPS) is 10.6. The zero-order valence-corrected chi connectivity index (χ0v) is 15.3. The third-order valence-electron chi connectivity index (χ3n) is 3.46. The van der Waals surface area contributed by atoms with Crippen LogP contribution in [0.5, 0.6) is 0 Å². The maximum absolute atomic E-state index is 12.0. The summed E-state index contributed by atoms with van der Waals surface area (Å²) in [5.74, 6) is 0.117. The molecule has 3 aromatic rings. The first-order valence-corrected chi connectivity index (χ1v) is 9.00. The highest BCUT2D eigenvalue weighted by Crippen LogP contribution is 2.16. The fourth-order valence-corrected chi connectivity index (χ4v) is 3.05. The van der Waals surface area contributed by atoms with Crippen molar-refractivity contribution in [2.45, 2.75) is 19.9 Å². The lowest BCUT2D eigenvalue weighted by molar-refractivity contribution is -0.120. The summed E-state index contributed by atoms with van der Waals surface area (Å²) in [6.45, 7) is 1.87. The predicted octanol–water partition coefficient (Wildman–Crippen LogP) is 1.28. The number of hydrogen-bond acceptors (Lipinski definition) is 7. The van der Waals surface area contributed by atoms with Gasteiger partial charge >= 0.3 is 0 Å². The lowest BCUT2D eigenvalue weighted by Crippen LogP contribution is -2.32. The Morgan fingerprint density at radius 3 is 2.89 bits per heavy atom. The molecule has 0 unspecified atom stereocenters. The van der Waals surface area contributed by atoms with E-state index in [1.165, 1.54) is 35.3 Å². The average Bonchev–Trinajstić information content (AvgIpc) is 3.28. The number of hydrogen-bond donors (Lipinski definition) is 2. The molecule has 0 aromatic carbocycles. The van der Waals surface area contributed by atoms with E-state index < -0.39 is 0 Å². The molecule has 2 N–H and O–H groups in total. The Hall–Kier alpha value is -3.27. The van der Waals surface area contributed by atoms with Crippen molar-refractivity contribution in [3.63, 3.8) is 0 Å². The van der Waals surface area contributed by atoms with Crippen LogP contribution in [0.15, 0.2) is 45.1 Å². The molecule has 3 aromatic heterocycles. The number of furan rings is 1. The third-order valence-corrected chi connectivity index (χ3v) is 4.27. The maximum atomic E-state index is 12.0. The number of nitrogens with one attached hydrogen (secondary N) is 2. The number of thiazole rings is 1. The first-order chi connectivity index (χ1) is 13.0. The van der Waals surface area contributed by atoms with Crippen LogP contribution in [0.25, 0.3) is 11.5 Å². The van der Waals surface area contributed by atoms with E-state index in [0.717, 1.165) is 0 Å². The van der Waals surface area contributed by atoms with E-state index in [0.29, 0.717) is 22.3 Å². The molecule has 0 bridgehead atoms. The van der Waals surface area contributed by atoms with Crippen molar-refractivity contribution in [2.75, 3.05) is 11.9 Å². The third kappa shape index (κ3) is 5.11. The fraction of sp³-hybridized carbons (Fsp3) is 0.235. The molecule has 0 aliphatic carbocycles. The number of rotatable bonds is 7. The number of carbonyl (C=O) groups is 2. The van der Waals surface area contributed by atoms with Crippen LogP contribution in [0.4, 0.5) is 5.13 Å². The van der Waals surface area contributed by atoms with Gasteiger partial charge in [-0.15, -0.1) is 11.3 Å². The zero-order valence-electron chi connectivity index (χ0n) is 14.5. The molecule has 0 spiro atoms. The second-order valence-electron chi connectivity index (χ2n) is 5.61. The molecular formula is C17H17N5O4S. The van der Waals surface area contributed by atoms with Crippen molar-refractivity contribution in [1.82, 2.24) is 20.1 Å². The largest absolute Gasteiger partial charge is 0.463 e. The van der Waals surface area contributed by atoms with Crippen molar-refractivity contribution in [3.05, 3.63) is 52.0 Å². The number of carbonyl (C=O) groups excluding carboxylic acids is 2. The summed E-state index contributed by atoms with van der Waals surface area (Å²) in [5.41, 5.74) is 0.842. The van der Waals surface area contributed by atoms with Gasteiger partial charge in [-0.05, 0) is 18.2 Å². The number of nitrogens with zero attached hydrogens (tertiary/aromatic N) is 3. The highest BCUT2D eigenvalue weighted by Gasteiger charge is 2.09. The van der Waals surface area contributed by atoms with Crippen LogP contribution in [-0.2, 0) is 22.6 Å². The maximum Gasteiger partial charge on any atom is 0.266 e. The van der Waals surface area contributed by atoms with Crippen molar-refractivity contribution < 1.29 is 14.0 Å². The van der Waals surface area contributed by atoms with Crippen LogP contribution in [0.3, 0.4) is 0 Å². The van der Waals surface area contributed by atoms with E-state index in [1.54, 1.807) is 23.6 Å². The molecule has 140 valence electrons.